The fourth-order valence-corrected chi connectivity index (χ4v) is 7.24. The molecule has 11 heteroatoms. The lowest BCUT2D eigenvalue weighted by Crippen LogP contribution is -2.60. The Kier molecular flexibility index (Phi) is 33.4. The Labute approximate surface area is 340 Å². The standard InChI is InChI=1S/C45H85NO10/c1-3-5-7-9-11-13-14-15-16-17-18-19-20-21-22-23-25-27-29-31-33-38(49)44(54)46-36(35-55-45-43(53)42(52)41(51)39(34-47)56-45)40(50)37(48)32-30-28-26-24-12-10-8-6-4-2/h5,7,11,13,36-43,45,47-53H,3-4,6,8-10,12,14-35H2,1-2H3,(H,46,54)/b7-5-,13-11-. The van der Waals surface area contributed by atoms with Gasteiger partial charge < -0.3 is 50.5 Å². The van der Waals surface area contributed by atoms with Gasteiger partial charge in [-0.2, -0.15) is 0 Å². The van der Waals surface area contributed by atoms with Crippen molar-refractivity contribution >= 4 is 5.91 Å². The average molecular weight is 800 g/mol. The maximum absolute atomic E-state index is 13.0. The predicted octanol–water partition coefficient (Wildman–Crippen LogP) is 7.06. The van der Waals surface area contributed by atoms with Crippen molar-refractivity contribution in [2.24, 2.45) is 0 Å². The summed E-state index contributed by atoms with van der Waals surface area (Å²) in [5.74, 6) is -0.700. The van der Waals surface area contributed by atoms with Crippen molar-refractivity contribution in [3.05, 3.63) is 24.3 Å². The Morgan fingerprint density at radius 3 is 1.68 bits per heavy atom. The van der Waals surface area contributed by atoms with Crippen LogP contribution < -0.4 is 5.32 Å². The first-order chi connectivity index (χ1) is 27.2. The molecule has 1 rings (SSSR count). The molecule has 9 atom stereocenters. The molecule has 56 heavy (non-hydrogen) atoms. The highest BCUT2D eigenvalue weighted by Gasteiger charge is 2.44. The minimum atomic E-state index is -1.66. The molecule has 8 N–H and O–H groups in total. The largest absolute Gasteiger partial charge is 0.394 e. The van der Waals surface area contributed by atoms with Crippen LogP contribution >= 0.6 is 0 Å². The molecule has 0 saturated carbocycles. The van der Waals surface area contributed by atoms with Crippen molar-refractivity contribution in [2.75, 3.05) is 13.2 Å². The van der Waals surface area contributed by atoms with Gasteiger partial charge in [-0.3, -0.25) is 4.79 Å². The van der Waals surface area contributed by atoms with Gasteiger partial charge >= 0.3 is 0 Å². The highest BCUT2D eigenvalue weighted by Crippen LogP contribution is 2.23. The molecule has 1 amide bonds. The molecule has 11 nitrogen and oxygen atoms in total. The van der Waals surface area contributed by atoms with Crippen molar-refractivity contribution in [2.45, 2.75) is 242 Å². The Morgan fingerprint density at radius 1 is 0.643 bits per heavy atom. The molecule has 0 aromatic carbocycles. The van der Waals surface area contributed by atoms with Crippen LogP contribution in [0.25, 0.3) is 0 Å². The third kappa shape index (κ3) is 25.2. The van der Waals surface area contributed by atoms with E-state index in [4.69, 9.17) is 9.47 Å². The Morgan fingerprint density at radius 2 is 1.14 bits per heavy atom. The summed E-state index contributed by atoms with van der Waals surface area (Å²) in [6, 6.07) is -1.16. The fourth-order valence-electron chi connectivity index (χ4n) is 7.24. The van der Waals surface area contributed by atoms with Gasteiger partial charge in [-0.25, -0.2) is 0 Å². The summed E-state index contributed by atoms with van der Waals surface area (Å²) in [5, 5.41) is 75.4. The molecule has 1 heterocycles. The van der Waals surface area contributed by atoms with Gasteiger partial charge in [0.1, 0.15) is 36.6 Å². The van der Waals surface area contributed by atoms with Crippen LogP contribution in [0.4, 0.5) is 0 Å². The molecule has 0 aromatic rings. The lowest BCUT2D eigenvalue weighted by atomic mass is 9.98. The van der Waals surface area contributed by atoms with Gasteiger partial charge in [0.2, 0.25) is 5.91 Å². The summed E-state index contributed by atoms with van der Waals surface area (Å²) >= 11 is 0. The molecule has 0 aliphatic carbocycles. The lowest BCUT2D eigenvalue weighted by molar-refractivity contribution is -0.303. The first-order valence-electron chi connectivity index (χ1n) is 22.7. The van der Waals surface area contributed by atoms with E-state index < -0.39 is 74.2 Å². The molecule has 0 bridgehead atoms. The van der Waals surface area contributed by atoms with E-state index >= 15 is 0 Å². The number of ether oxygens (including phenoxy) is 2. The van der Waals surface area contributed by atoms with Crippen molar-refractivity contribution < 1.29 is 50.0 Å². The first kappa shape index (κ1) is 52.6. The molecule has 1 aliphatic heterocycles. The van der Waals surface area contributed by atoms with E-state index in [0.717, 1.165) is 51.4 Å². The number of hydrogen-bond donors (Lipinski definition) is 8. The number of aliphatic hydroxyl groups is 7. The summed E-state index contributed by atoms with van der Waals surface area (Å²) in [5.41, 5.74) is 0. The number of carbonyl (C=O) groups is 1. The minimum Gasteiger partial charge on any atom is -0.394 e. The van der Waals surface area contributed by atoms with Crippen LogP contribution in [-0.4, -0.2) is 110 Å². The molecule has 9 unspecified atom stereocenters. The van der Waals surface area contributed by atoms with Crippen LogP contribution in [0.2, 0.25) is 0 Å². The summed E-state index contributed by atoms with van der Waals surface area (Å²) in [7, 11) is 0. The summed E-state index contributed by atoms with van der Waals surface area (Å²) in [6.45, 7) is 3.30. The number of unbranched alkanes of at least 4 members (excludes halogenated alkanes) is 21. The zero-order valence-corrected chi connectivity index (χ0v) is 35.4. The second kappa shape index (κ2) is 35.5. The number of amides is 1. The maximum atomic E-state index is 13.0. The molecular formula is C45H85NO10. The van der Waals surface area contributed by atoms with E-state index in [9.17, 15) is 40.5 Å². The van der Waals surface area contributed by atoms with E-state index in [1.807, 2.05) is 0 Å². The molecule has 0 radical (unpaired) electrons. The number of aliphatic hydroxyl groups excluding tert-OH is 7. The van der Waals surface area contributed by atoms with Crippen LogP contribution in [0, 0.1) is 0 Å². The van der Waals surface area contributed by atoms with E-state index in [1.54, 1.807) is 0 Å². The SMILES string of the molecule is CC/C=C\C/C=C\CCCCCCCCCCCCCCCC(O)C(=O)NC(COC1OC(CO)C(O)C(O)C1O)C(O)C(O)CCCCCCCCCCC. The van der Waals surface area contributed by atoms with E-state index in [1.165, 1.54) is 96.3 Å². The van der Waals surface area contributed by atoms with Gasteiger partial charge in [0.05, 0.1) is 25.4 Å². The number of carbonyl (C=O) groups excluding carboxylic acids is 1. The Hall–Kier alpha value is -1.41. The monoisotopic (exact) mass is 800 g/mol. The molecular weight excluding hydrogens is 714 g/mol. The van der Waals surface area contributed by atoms with Gasteiger partial charge in [0.25, 0.3) is 0 Å². The van der Waals surface area contributed by atoms with E-state index in [0.29, 0.717) is 19.3 Å². The van der Waals surface area contributed by atoms with Crippen LogP contribution in [0.15, 0.2) is 24.3 Å². The van der Waals surface area contributed by atoms with Gasteiger partial charge in [-0.15, -0.1) is 0 Å². The van der Waals surface area contributed by atoms with Gasteiger partial charge in [0, 0.05) is 0 Å². The highest BCUT2D eigenvalue weighted by molar-refractivity contribution is 5.80. The molecule has 0 aromatic heterocycles. The van der Waals surface area contributed by atoms with Gasteiger partial charge in [-0.1, -0.05) is 173 Å². The van der Waals surface area contributed by atoms with Crippen molar-refractivity contribution in [3.8, 4) is 0 Å². The quantitative estimate of drug-likeness (QED) is 0.0239. The smallest absolute Gasteiger partial charge is 0.249 e. The first-order valence-corrected chi connectivity index (χ1v) is 22.7. The number of rotatable bonds is 37. The molecule has 1 saturated heterocycles. The lowest BCUT2D eigenvalue weighted by Gasteiger charge is -2.40. The number of allylic oxidation sites excluding steroid dienone is 4. The summed E-state index contributed by atoms with van der Waals surface area (Å²) in [4.78, 5) is 13.0. The second-order valence-corrected chi connectivity index (χ2v) is 16.1. The fraction of sp³-hybridized carbons (Fsp3) is 0.889. The van der Waals surface area contributed by atoms with Gasteiger partial charge in [-0.05, 0) is 38.5 Å². The average Bonchev–Trinajstić information content (AvgIpc) is 3.20. The number of nitrogens with one attached hydrogen (secondary N) is 1. The van der Waals surface area contributed by atoms with E-state index in [-0.39, 0.29) is 6.42 Å². The summed E-state index contributed by atoms with van der Waals surface area (Å²) in [6.07, 6.45) is 26.7. The normalized spacial score (nSPS) is 22.5. The Bertz CT molecular complexity index is 965. The second-order valence-electron chi connectivity index (χ2n) is 16.1. The van der Waals surface area contributed by atoms with Crippen molar-refractivity contribution in [1.29, 1.82) is 0 Å². The van der Waals surface area contributed by atoms with Crippen LogP contribution in [0.5, 0.6) is 0 Å². The number of hydrogen-bond acceptors (Lipinski definition) is 10. The zero-order valence-electron chi connectivity index (χ0n) is 35.4. The zero-order chi connectivity index (χ0) is 41.2. The molecule has 1 aliphatic rings. The van der Waals surface area contributed by atoms with Crippen LogP contribution in [0.3, 0.4) is 0 Å². The third-order valence-electron chi connectivity index (χ3n) is 11.0. The minimum absolute atomic E-state index is 0.260. The topological polar surface area (TPSA) is 189 Å². The predicted molar refractivity (Wildman–Crippen MR) is 224 cm³/mol. The van der Waals surface area contributed by atoms with Crippen molar-refractivity contribution in [3.63, 3.8) is 0 Å². The third-order valence-corrected chi connectivity index (χ3v) is 11.0. The Balaban J connectivity index is 2.38. The van der Waals surface area contributed by atoms with Crippen molar-refractivity contribution in [1.82, 2.24) is 5.32 Å². The molecule has 0 spiro atoms. The van der Waals surface area contributed by atoms with E-state index in [2.05, 4.69) is 43.5 Å². The molecule has 1 fully saturated rings. The van der Waals surface area contributed by atoms with Crippen LogP contribution in [0.1, 0.15) is 187 Å². The maximum Gasteiger partial charge on any atom is 0.249 e. The van der Waals surface area contributed by atoms with Crippen LogP contribution in [-0.2, 0) is 14.3 Å². The van der Waals surface area contributed by atoms with Gasteiger partial charge in [0.15, 0.2) is 6.29 Å². The molecule has 330 valence electrons. The highest BCUT2D eigenvalue weighted by atomic mass is 16.7. The summed E-state index contributed by atoms with van der Waals surface area (Å²) < 4.78 is 11.1.